The normalized spacial score (nSPS) is 25.3. The lowest BCUT2D eigenvalue weighted by Gasteiger charge is -2.33. The van der Waals surface area contributed by atoms with E-state index in [1.165, 1.54) is 18.6 Å². The van der Waals surface area contributed by atoms with Crippen molar-refractivity contribution < 1.29 is 0 Å². The number of hydrogen-bond acceptors (Lipinski definition) is 2. The third kappa shape index (κ3) is 2.98. The van der Waals surface area contributed by atoms with E-state index in [9.17, 15) is 0 Å². The van der Waals surface area contributed by atoms with E-state index in [2.05, 4.69) is 24.0 Å². The number of halogens is 2. The monoisotopic (exact) mass is 303 g/mol. The molecule has 18 heavy (non-hydrogen) atoms. The van der Waals surface area contributed by atoms with Gasteiger partial charge < -0.3 is 5.32 Å². The Balaban J connectivity index is 2.20. The Morgan fingerprint density at radius 1 is 1.39 bits per heavy atom. The Labute approximate surface area is 124 Å². The molecule has 2 atom stereocenters. The molecule has 1 aliphatic heterocycles. The van der Waals surface area contributed by atoms with E-state index in [1.807, 2.05) is 25.2 Å². The lowest BCUT2D eigenvalue weighted by Crippen LogP contribution is -2.45. The summed E-state index contributed by atoms with van der Waals surface area (Å²) < 4.78 is 0.289. The summed E-state index contributed by atoms with van der Waals surface area (Å²) in [4.78, 5) is 0. The van der Waals surface area contributed by atoms with Crippen LogP contribution in [0.3, 0.4) is 0 Å². The van der Waals surface area contributed by atoms with E-state index in [1.54, 1.807) is 0 Å². The van der Waals surface area contributed by atoms with E-state index < -0.39 is 0 Å². The van der Waals surface area contributed by atoms with Gasteiger partial charge in [-0.15, -0.1) is 0 Å². The topological polar surface area (TPSA) is 12.0 Å². The molecule has 0 bridgehead atoms. The van der Waals surface area contributed by atoms with Gasteiger partial charge in [0.2, 0.25) is 0 Å². The van der Waals surface area contributed by atoms with Gasteiger partial charge in [0.1, 0.15) is 0 Å². The van der Waals surface area contributed by atoms with Crippen LogP contribution in [-0.4, -0.2) is 23.6 Å². The molecule has 0 spiro atoms. The quantitative estimate of drug-likeness (QED) is 0.884. The predicted molar refractivity (Wildman–Crippen MR) is 83.1 cm³/mol. The van der Waals surface area contributed by atoms with Gasteiger partial charge in [-0.05, 0) is 56.7 Å². The van der Waals surface area contributed by atoms with Crippen LogP contribution in [0.1, 0.15) is 25.3 Å². The molecule has 4 heteroatoms. The highest BCUT2D eigenvalue weighted by Gasteiger charge is 2.37. The lowest BCUT2D eigenvalue weighted by molar-refractivity contribution is 0.424. The van der Waals surface area contributed by atoms with E-state index in [4.69, 9.17) is 23.2 Å². The highest BCUT2D eigenvalue weighted by Crippen LogP contribution is 2.42. The van der Waals surface area contributed by atoms with Crippen LogP contribution in [0.4, 0.5) is 0 Å². The molecule has 100 valence electrons. The van der Waals surface area contributed by atoms with E-state index >= 15 is 0 Å². The standard InChI is InChI=1S/C14H19Cl2NS/c1-14(7-4-8-18-14)13(17-2)9-10-11(15)5-3-6-12(10)16/h3,5-6,13,17H,4,7-9H2,1-2H3. The second-order valence-electron chi connectivity index (χ2n) is 5.01. The molecule has 0 radical (unpaired) electrons. The summed E-state index contributed by atoms with van der Waals surface area (Å²) in [6.07, 6.45) is 3.44. The molecule has 1 aromatic carbocycles. The summed E-state index contributed by atoms with van der Waals surface area (Å²) >= 11 is 14.6. The minimum absolute atomic E-state index is 0.289. The van der Waals surface area contributed by atoms with Crippen molar-refractivity contribution in [3.63, 3.8) is 0 Å². The molecule has 2 rings (SSSR count). The SMILES string of the molecule is CNC(Cc1c(Cl)cccc1Cl)C1(C)CCCS1. The summed E-state index contributed by atoms with van der Waals surface area (Å²) in [5.41, 5.74) is 1.06. The van der Waals surface area contributed by atoms with Crippen LogP contribution in [0.15, 0.2) is 18.2 Å². The zero-order chi connectivity index (χ0) is 13.2. The smallest absolute Gasteiger partial charge is 0.0453 e. The molecule has 1 aromatic rings. The summed E-state index contributed by atoms with van der Waals surface area (Å²) in [6, 6.07) is 6.13. The summed E-state index contributed by atoms with van der Waals surface area (Å²) in [6.45, 7) is 2.34. The van der Waals surface area contributed by atoms with Gasteiger partial charge in [0.15, 0.2) is 0 Å². The van der Waals surface area contributed by atoms with Crippen LogP contribution < -0.4 is 5.32 Å². The minimum atomic E-state index is 0.289. The number of benzene rings is 1. The van der Waals surface area contributed by atoms with E-state index in [0.717, 1.165) is 22.0 Å². The van der Waals surface area contributed by atoms with Crippen molar-refractivity contribution in [3.05, 3.63) is 33.8 Å². The number of rotatable bonds is 4. The molecular formula is C14H19Cl2NS. The summed E-state index contributed by atoms with van der Waals surface area (Å²) in [5, 5.41) is 4.99. The molecule has 2 unspecified atom stereocenters. The van der Waals surface area contributed by atoms with Crippen molar-refractivity contribution in [1.29, 1.82) is 0 Å². The Morgan fingerprint density at radius 3 is 2.56 bits per heavy atom. The maximum absolute atomic E-state index is 6.26. The molecule has 1 N–H and O–H groups in total. The Kier molecular flexibility index (Phi) is 4.87. The zero-order valence-corrected chi connectivity index (χ0v) is 13.1. The maximum atomic E-state index is 6.26. The van der Waals surface area contributed by atoms with Crippen molar-refractivity contribution in [2.45, 2.75) is 37.0 Å². The number of hydrogen-bond donors (Lipinski definition) is 1. The second kappa shape index (κ2) is 6.04. The highest BCUT2D eigenvalue weighted by atomic mass is 35.5. The van der Waals surface area contributed by atoms with Crippen molar-refractivity contribution in [3.8, 4) is 0 Å². The first-order chi connectivity index (χ1) is 8.57. The van der Waals surface area contributed by atoms with E-state index in [-0.39, 0.29) is 4.75 Å². The van der Waals surface area contributed by atoms with Gasteiger partial charge in [0.25, 0.3) is 0 Å². The molecule has 1 fully saturated rings. The van der Waals surface area contributed by atoms with Gasteiger partial charge in [0.05, 0.1) is 0 Å². The van der Waals surface area contributed by atoms with Gasteiger partial charge >= 0.3 is 0 Å². The second-order valence-corrected chi connectivity index (χ2v) is 7.45. The maximum Gasteiger partial charge on any atom is 0.0453 e. The Morgan fingerprint density at radius 2 is 2.06 bits per heavy atom. The van der Waals surface area contributed by atoms with Gasteiger partial charge in [-0.1, -0.05) is 29.3 Å². The van der Waals surface area contributed by atoms with Crippen molar-refractivity contribution in [1.82, 2.24) is 5.32 Å². The number of nitrogens with one attached hydrogen (secondary N) is 1. The first-order valence-electron chi connectivity index (χ1n) is 6.31. The van der Waals surface area contributed by atoms with Crippen molar-refractivity contribution in [2.75, 3.05) is 12.8 Å². The molecule has 0 saturated carbocycles. The number of thioether (sulfide) groups is 1. The van der Waals surface area contributed by atoms with Crippen LogP contribution >= 0.6 is 35.0 Å². The molecular weight excluding hydrogens is 285 g/mol. The third-order valence-electron chi connectivity index (χ3n) is 3.80. The van der Waals surface area contributed by atoms with E-state index in [0.29, 0.717) is 6.04 Å². The molecule has 0 aromatic heterocycles. The average molecular weight is 304 g/mol. The zero-order valence-electron chi connectivity index (χ0n) is 10.8. The van der Waals surface area contributed by atoms with Crippen LogP contribution in [-0.2, 0) is 6.42 Å². The Hall–Kier alpha value is 0.110. The van der Waals surface area contributed by atoms with Crippen molar-refractivity contribution >= 4 is 35.0 Å². The summed E-state index contributed by atoms with van der Waals surface area (Å²) in [7, 11) is 2.03. The van der Waals surface area contributed by atoms with Crippen LogP contribution in [0.25, 0.3) is 0 Å². The molecule has 0 amide bonds. The van der Waals surface area contributed by atoms with Crippen LogP contribution in [0, 0.1) is 0 Å². The first kappa shape index (κ1) is 14.5. The largest absolute Gasteiger partial charge is 0.315 e. The first-order valence-corrected chi connectivity index (χ1v) is 8.05. The lowest BCUT2D eigenvalue weighted by atomic mass is 9.91. The minimum Gasteiger partial charge on any atom is -0.315 e. The highest BCUT2D eigenvalue weighted by molar-refractivity contribution is 8.00. The fourth-order valence-electron chi connectivity index (χ4n) is 2.63. The number of likely N-dealkylation sites (N-methyl/N-ethyl adjacent to an activating group) is 1. The van der Waals surface area contributed by atoms with Crippen LogP contribution in [0.5, 0.6) is 0 Å². The molecule has 1 heterocycles. The van der Waals surface area contributed by atoms with Gasteiger partial charge in [-0.2, -0.15) is 11.8 Å². The van der Waals surface area contributed by atoms with Crippen molar-refractivity contribution in [2.24, 2.45) is 0 Å². The van der Waals surface area contributed by atoms with Gasteiger partial charge in [-0.3, -0.25) is 0 Å². The molecule has 0 aliphatic carbocycles. The molecule has 1 nitrogen and oxygen atoms in total. The fraction of sp³-hybridized carbons (Fsp3) is 0.571. The van der Waals surface area contributed by atoms with Crippen LogP contribution in [0.2, 0.25) is 10.0 Å². The predicted octanol–water partition coefficient (Wildman–Crippen LogP) is 4.41. The third-order valence-corrected chi connectivity index (χ3v) is 6.15. The molecule has 1 saturated heterocycles. The summed E-state index contributed by atoms with van der Waals surface area (Å²) in [5.74, 6) is 1.25. The fourth-order valence-corrected chi connectivity index (χ4v) is 4.63. The van der Waals surface area contributed by atoms with Gasteiger partial charge in [-0.25, -0.2) is 0 Å². The Bertz CT molecular complexity index is 396. The molecule has 1 aliphatic rings. The average Bonchev–Trinajstić information content (AvgIpc) is 2.77. The van der Waals surface area contributed by atoms with Gasteiger partial charge in [0, 0.05) is 20.8 Å².